The van der Waals surface area contributed by atoms with E-state index >= 15 is 0 Å². The Hall–Kier alpha value is -2.41. The minimum Gasteiger partial charge on any atom is -0.454 e. The molecule has 4 rings (SSSR count). The fourth-order valence-corrected chi connectivity index (χ4v) is 3.80. The van der Waals surface area contributed by atoms with Crippen LogP contribution in [0.4, 0.5) is 0 Å². The summed E-state index contributed by atoms with van der Waals surface area (Å²) in [5, 5.41) is 16.9. The summed E-state index contributed by atoms with van der Waals surface area (Å²) in [4.78, 5) is 4.70. The summed E-state index contributed by atoms with van der Waals surface area (Å²) in [6.45, 7) is 4.89. The zero-order valence-electron chi connectivity index (χ0n) is 15.3. The van der Waals surface area contributed by atoms with Crippen molar-refractivity contribution >= 4 is 11.3 Å². The van der Waals surface area contributed by atoms with E-state index in [1.807, 2.05) is 61.7 Å². The molecule has 2 heterocycles. The average Bonchev–Trinajstić information content (AvgIpc) is 3.34. The number of benzene rings is 2. The van der Waals surface area contributed by atoms with Crippen LogP contribution in [0.1, 0.15) is 29.8 Å². The maximum atomic E-state index is 10.5. The molecule has 2 aromatic carbocycles. The average molecular weight is 382 g/mol. The minimum absolute atomic E-state index is 0.0802. The van der Waals surface area contributed by atoms with Gasteiger partial charge >= 0.3 is 0 Å². The van der Waals surface area contributed by atoms with Gasteiger partial charge in [-0.2, -0.15) is 0 Å². The Labute approximate surface area is 162 Å². The lowest BCUT2D eigenvalue weighted by molar-refractivity contribution is 0.135. The molecule has 1 aliphatic heterocycles. The maximum absolute atomic E-state index is 10.5. The van der Waals surface area contributed by atoms with Crippen LogP contribution < -0.4 is 14.8 Å². The van der Waals surface area contributed by atoms with Crippen LogP contribution in [0.15, 0.2) is 47.8 Å². The molecule has 2 atom stereocenters. The maximum Gasteiger partial charge on any atom is 0.231 e. The molecule has 0 bridgehead atoms. The molecule has 5 nitrogen and oxygen atoms in total. The lowest BCUT2D eigenvalue weighted by Crippen LogP contribution is -2.31. The SMILES string of the molecule is Cc1ccc(C(O)C(C)NCc2csc(-c3ccc4c(c3)OCO4)n2)cc1. The number of rotatable bonds is 6. The van der Waals surface area contributed by atoms with E-state index in [1.54, 1.807) is 11.3 Å². The lowest BCUT2D eigenvalue weighted by atomic mass is 10.0. The van der Waals surface area contributed by atoms with E-state index in [1.165, 1.54) is 5.56 Å². The second-order valence-electron chi connectivity index (χ2n) is 6.74. The first kappa shape index (κ1) is 18.0. The third kappa shape index (κ3) is 3.98. The van der Waals surface area contributed by atoms with E-state index in [2.05, 4.69) is 5.32 Å². The molecule has 2 unspecified atom stereocenters. The molecule has 0 fully saturated rings. The van der Waals surface area contributed by atoms with E-state index in [0.717, 1.165) is 33.3 Å². The number of aliphatic hydroxyl groups is 1. The molecule has 0 saturated heterocycles. The lowest BCUT2D eigenvalue weighted by Gasteiger charge is -2.20. The summed E-state index contributed by atoms with van der Waals surface area (Å²) in [7, 11) is 0. The largest absolute Gasteiger partial charge is 0.454 e. The van der Waals surface area contributed by atoms with Crippen LogP contribution in [0, 0.1) is 6.92 Å². The van der Waals surface area contributed by atoms with Crippen molar-refractivity contribution in [1.82, 2.24) is 10.3 Å². The Morgan fingerprint density at radius 3 is 2.74 bits per heavy atom. The molecule has 3 aromatic rings. The minimum atomic E-state index is -0.558. The van der Waals surface area contributed by atoms with Crippen molar-refractivity contribution in [3.8, 4) is 22.1 Å². The molecular weight excluding hydrogens is 360 g/mol. The molecule has 0 radical (unpaired) electrons. The normalized spacial score (nSPS) is 14.9. The van der Waals surface area contributed by atoms with Crippen LogP contribution in [0.3, 0.4) is 0 Å². The van der Waals surface area contributed by atoms with Crippen molar-refractivity contribution < 1.29 is 14.6 Å². The second kappa shape index (κ2) is 7.68. The molecule has 27 heavy (non-hydrogen) atoms. The Morgan fingerprint density at radius 2 is 1.93 bits per heavy atom. The van der Waals surface area contributed by atoms with Gasteiger partial charge in [0.2, 0.25) is 6.79 Å². The summed E-state index contributed by atoms with van der Waals surface area (Å²) in [6, 6.07) is 13.8. The van der Waals surface area contributed by atoms with Gasteiger partial charge < -0.3 is 19.9 Å². The Kier molecular flexibility index (Phi) is 5.11. The molecule has 0 amide bonds. The predicted molar refractivity (Wildman–Crippen MR) is 106 cm³/mol. The van der Waals surface area contributed by atoms with Gasteiger partial charge in [0.1, 0.15) is 5.01 Å². The van der Waals surface area contributed by atoms with Crippen molar-refractivity contribution in [2.45, 2.75) is 32.5 Å². The molecular formula is C21H22N2O3S. The molecule has 0 aliphatic carbocycles. The molecule has 1 aromatic heterocycles. The van der Waals surface area contributed by atoms with Crippen molar-refractivity contribution in [1.29, 1.82) is 0 Å². The zero-order chi connectivity index (χ0) is 18.8. The smallest absolute Gasteiger partial charge is 0.231 e. The van der Waals surface area contributed by atoms with Crippen molar-refractivity contribution in [2.75, 3.05) is 6.79 Å². The van der Waals surface area contributed by atoms with Gasteiger partial charge in [-0.15, -0.1) is 11.3 Å². The van der Waals surface area contributed by atoms with E-state index in [-0.39, 0.29) is 12.8 Å². The highest BCUT2D eigenvalue weighted by atomic mass is 32.1. The highest BCUT2D eigenvalue weighted by Crippen LogP contribution is 2.36. The highest BCUT2D eigenvalue weighted by molar-refractivity contribution is 7.13. The van der Waals surface area contributed by atoms with Crippen LogP contribution in [0.2, 0.25) is 0 Å². The van der Waals surface area contributed by atoms with Gasteiger partial charge in [0.15, 0.2) is 11.5 Å². The number of aromatic nitrogens is 1. The second-order valence-corrected chi connectivity index (χ2v) is 7.60. The number of nitrogens with zero attached hydrogens (tertiary/aromatic N) is 1. The quantitative estimate of drug-likeness (QED) is 0.673. The van der Waals surface area contributed by atoms with E-state index < -0.39 is 6.10 Å². The Morgan fingerprint density at radius 1 is 1.15 bits per heavy atom. The fraction of sp³-hybridized carbons (Fsp3) is 0.286. The van der Waals surface area contributed by atoms with Gasteiger partial charge in [-0.1, -0.05) is 29.8 Å². The van der Waals surface area contributed by atoms with Gasteiger partial charge in [-0.05, 0) is 37.6 Å². The predicted octanol–water partition coefficient (Wildman–Crippen LogP) is 4.06. The first-order valence-corrected chi connectivity index (χ1v) is 9.80. The van der Waals surface area contributed by atoms with Gasteiger partial charge in [-0.3, -0.25) is 0 Å². The van der Waals surface area contributed by atoms with Gasteiger partial charge in [0.05, 0.1) is 11.8 Å². The van der Waals surface area contributed by atoms with Crippen molar-refractivity contribution in [3.05, 3.63) is 64.7 Å². The summed E-state index contributed by atoms with van der Waals surface area (Å²) < 4.78 is 10.8. The number of hydrogen-bond donors (Lipinski definition) is 2. The summed E-state index contributed by atoms with van der Waals surface area (Å²) >= 11 is 1.60. The molecule has 6 heteroatoms. The summed E-state index contributed by atoms with van der Waals surface area (Å²) in [6.07, 6.45) is -0.558. The first-order chi connectivity index (χ1) is 13.1. The van der Waals surface area contributed by atoms with Crippen LogP contribution >= 0.6 is 11.3 Å². The Balaban J connectivity index is 1.38. The van der Waals surface area contributed by atoms with Crippen molar-refractivity contribution in [2.24, 2.45) is 0 Å². The van der Waals surface area contributed by atoms with Crippen LogP contribution in [0.5, 0.6) is 11.5 Å². The topological polar surface area (TPSA) is 63.6 Å². The number of aryl methyl sites for hydroxylation is 1. The van der Waals surface area contributed by atoms with Crippen LogP contribution in [0.25, 0.3) is 10.6 Å². The monoisotopic (exact) mass is 382 g/mol. The van der Waals surface area contributed by atoms with Gasteiger partial charge in [0.25, 0.3) is 0 Å². The standard InChI is InChI=1S/C21H22N2O3S/c1-13-3-5-15(6-4-13)20(24)14(2)22-10-17-11-27-21(23-17)16-7-8-18-19(9-16)26-12-25-18/h3-9,11,14,20,22,24H,10,12H2,1-2H3. The third-order valence-electron chi connectivity index (χ3n) is 4.67. The van der Waals surface area contributed by atoms with Crippen LogP contribution in [-0.4, -0.2) is 22.9 Å². The molecule has 0 spiro atoms. The van der Waals surface area contributed by atoms with Gasteiger partial charge in [-0.25, -0.2) is 4.98 Å². The van der Waals surface area contributed by atoms with E-state index in [9.17, 15) is 5.11 Å². The fourth-order valence-electron chi connectivity index (χ4n) is 2.98. The molecule has 2 N–H and O–H groups in total. The number of hydrogen-bond acceptors (Lipinski definition) is 6. The molecule has 140 valence electrons. The van der Waals surface area contributed by atoms with Gasteiger partial charge in [0, 0.05) is 23.5 Å². The first-order valence-electron chi connectivity index (χ1n) is 8.92. The van der Waals surface area contributed by atoms with Crippen LogP contribution in [-0.2, 0) is 6.54 Å². The van der Waals surface area contributed by atoms with Crippen molar-refractivity contribution in [3.63, 3.8) is 0 Å². The number of aliphatic hydroxyl groups excluding tert-OH is 1. The third-order valence-corrected chi connectivity index (χ3v) is 5.61. The summed E-state index contributed by atoms with van der Waals surface area (Å²) in [5.74, 6) is 1.54. The summed E-state index contributed by atoms with van der Waals surface area (Å²) in [5.41, 5.74) is 4.07. The molecule has 0 saturated carbocycles. The van der Waals surface area contributed by atoms with E-state index in [0.29, 0.717) is 6.54 Å². The molecule has 1 aliphatic rings. The number of fused-ring (bicyclic) bond motifs is 1. The number of thiazole rings is 1. The highest BCUT2D eigenvalue weighted by Gasteiger charge is 2.17. The number of nitrogens with one attached hydrogen (secondary N) is 1. The van der Waals surface area contributed by atoms with E-state index in [4.69, 9.17) is 14.5 Å². The number of ether oxygens (including phenoxy) is 2. The Bertz CT molecular complexity index is 923. The zero-order valence-corrected chi connectivity index (χ0v) is 16.1.